The van der Waals surface area contributed by atoms with Crippen LogP contribution in [-0.4, -0.2) is 31.4 Å². The first-order valence-corrected chi connectivity index (χ1v) is 7.55. The summed E-state index contributed by atoms with van der Waals surface area (Å²) in [4.78, 5) is 0. The summed E-state index contributed by atoms with van der Waals surface area (Å²) < 4.78 is 8.51. The Labute approximate surface area is 123 Å². The predicted octanol–water partition coefficient (Wildman–Crippen LogP) is 3.42. The van der Waals surface area contributed by atoms with Crippen LogP contribution in [0.25, 0.3) is 10.9 Å². The van der Waals surface area contributed by atoms with E-state index >= 15 is 0 Å². The number of methoxy groups -OCH3 is 1. The van der Waals surface area contributed by atoms with E-state index < -0.39 is 0 Å². The number of aromatic nitrogens is 1. The van der Waals surface area contributed by atoms with Gasteiger partial charge in [0.15, 0.2) is 0 Å². The molecule has 2 rings (SSSR count). The molecule has 0 aliphatic carbocycles. The number of rotatable bonds is 8. The molecule has 0 saturated heterocycles. The van der Waals surface area contributed by atoms with E-state index in [0.29, 0.717) is 0 Å². The number of nitrogens with one attached hydrogen (secondary N) is 1. The molecule has 0 unspecified atom stereocenters. The van der Waals surface area contributed by atoms with Crippen LogP contribution in [0.2, 0.25) is 0 Å². The molecule has 0 atom stereocenters. The van der Waals surface area contributed by atoms with Crippen LogP contribution in [0.5, 0.6) is 0 Å². The molecule has 1 aromatic heterocycles. The van der Waals surface area contributed by atoms with E-state index in [4.69, 9.17) is 4.74 Å². The van der Waals surface area contributed by atoms with Crippen LogP contribution < -0.4 is 5.32 Å². The molecule has 1 aromatic carbocycles. The number of unbranched alkanes of at least 4 members (excludes halogenated alkanes) is 1. The Balaban J connectivity index is 1.79. The fourth-order valence-electron chi connectivity index (χ4n) is 2.22. The van der Waals surface area contributed by atoms with Crippen molar-refractivity contribution in [1.29, 1.82) is 0 Å². The second kappa shape index (κ2) is 7.68. The van der Waals surface area contributed by atoms with Crippen LogP contribution in [0.15, 0.2) is 34.9 Å². The van der Waals surface area contributed by atoms with E-state index in [-0.39, 0.29) is 0 Å². The monoisotopic (exact) mass is 324 g/mol. The molecule has 104 valence electrons. The van der Waals surface area contributed by atoms with Crippen molar-refractivity contribution in [3.05, 3.63) is 34.9 Å². The number of hydrogen-bond acceptors (Lipinski definition) is 2. The Hall–Kier alpha value is -0.840. The molecular weight excluding hydrogens is 304 g/mol. The van der Waals surface area contributed by atoms with Gasteiger partial charge in [-0.2, -0.15) is 0 Å². The van der Waals surface area contributed by atoms with Gasteiger partial charge < -0.3 is 14.6 Å². The maximum absolute atomic E-state index is 5.00. The van der Waals surface area contributed by atoms with Crippen molar-refractivity contribution in [3.63, 3.8) is 0 Å². The van der Waals surface area contributed by atoms with Crippen LogP contribution in [0.4, 0.5) is 0 Å². The Morgan fingerprint density at radius 3 is 2.89 bits per heavy atom. The summed E-state index contributed by atoms with van der Waals surface area (Å²) in [6.45, 7) is 3.85. The SMILES string of the molecule is COCCNCCCCn1cc(Br)c2ccccc21. The molecule has 4 heteroatoms. The maximum Gasteiger partial charge on any atom is 0.0587 e. The molecule has 19 heavy (non-hydrogen) atoms. The third-order valence-electron chi connectivity index (χ3n) is 3.23. The highest BCUT2D eigenvalue weighted by Crippen LogP contribution is 2.26. The number of nitrogens with zero attached hydrogens (tertiary/aromatic N) is 1. The van der Waals surface area contributed by atoms with E-state index in [2.05, 4.69) is 56.3 Å². The predicted molar refractivity (Wildman–Crippen MR) is 83.6 cm³/mol. The largest absolute Gasteiger partial charge is 0.383 e. The van der Waals surface area contributed by atoms with Crippen LogP contribution in [-0.2, 0) is 11.3 Å². The molecule has 0 saturated carbocycles. The second-order valence-electron chi connectivity index (χ2n) is 4.64. The summed E-state index contributed by atoms with van der Waals surface area (Å²) in [6, 6.07) is 8.51. The molecule has 1 N–H and O–H groups in total. The molecule has 0 aliphatic rings. The average Bonchev–Trinajstić information content (AvgIpc) is 2.75. The Bertz CT molecular complexity index is 510. The zero-order valence-electron chi connectivity index (χ0n) is 11.4. The van der Waals surface area contributed by atoms with Gasteiger partial charge in [0.05, 0.1) is 6.61 Å². The number of ether oxygens (including phenoxy) is 1. The van der Waals surface area contributed by atoms with Crippen molar-refractivity contribution in [2.24, 2.45) is 0 Å². The molecule has 0 amide bonds. The van der Waals surface area contributed by atoms with Crippen molar-refractivity contribution in [3.8, 4) is 0 Å². The van der Waals surface area contributed by atoms with Crippen LogP contribution in [0.3, 0.4) is 0 Å². The minimum atomic E-state index is 0.787. The zero-order chi connectivity index (χ0) is 13.5. The highest BCUT2D eigenvalue weighted by molar-refractivity contribution is 9.10. The quantitative estimate of drug-likeness (QED) is 0.753. The first kappa shape index (κ1) is 14.6. The van der Waals surface area contributed by atoms with E-state index in [9.17, 15) is 0 Å². The summed E-state index contributed by atoms with van der Waals surface area (Å²) >= 11 is 3.62. The normalized spacial score (nSPS) is 11.3. The van der Waals surface area contributed by atoms with E-state index in [1.165, 1.54) is 28.2 Å². The summed E-state index contributed by atoms with van der Waals surface area (Å²) in [5, 5.41) is 4.66. The van der Waals surface area contributed by atoms with Gasteiger partial charge in [0.1, 0.15) is 0 Å². The highest BCUT2D eigenvalue weighted by atomic mass is 79.9. The van der Waals surface area contributed by atoms with Gasteiger partial charge in [0, 0.05) is 41.8 Å². The average molecular weight is 325 g/mol. The van der Waals surface area contributed by atoms with Crippen molar-refractivity contribution in [2.75, 3.05) is 26.8 Å². The molecule has 1 heterocycles. The van der Waals surface area contributed by atoms with Gasteiger partial charge in [0.2, 0.25) is 0 Å². The van der Waals surface area contributed by atoms with Gasteiger partial charge in [-0.15, -0.1) is 0 Å². The fourth-order valence-corrected chi connectivity index (χ4v) is 2.80. The topological polar surface area (TPSA) is 26.2 Å². The third kappa shape index (κ3) is 4.06. The summed E-state index contributed by atoms with van der Waals surface area (Å²) in [7, 11) is 1.73. The van der Waals surface area contributed by atoms with Gasteiger partial charge in [-0.3, -0.25) is 0 Å². The molecule has 2 aromatic rings. The Morgan fingerprint density at radius 2 is 2.05 bits per heavy atom. The smallest absolute Gasteiger partial charge is 0.0587 e. The lowest BCUT2D eigenvalue weighted by Gasteiger charge is -2.06. The van der Waals surface area contributed by atoms with Gasteiger partial charge in [0.25, 0.3) is 0 Å². The highest BCUT2D eigenvalue weighted by Gasteiger charge is 2.04. The standard InChI is InChI=1S/C15H21BrN2O/c1-19-11-9-17-8-4-5-10-18-12-14(16)13-6-2-3-7-15(13)18/h2-3,6-7,12,17H,4-5,8-11H2,1H3. The minimum Gasteiger partial charge on any atom is -0.383 e. The molecule has 3 nitrogen and oxygen atoms in total. The van der Waals surface area contributed by atoms with Gasteiger partial charge in [-0.25, -0.2) is 0 Å². The van der Waals surface area contributed by atoms with Crippen LogP contribution in [0, 0.1) is 0 Å². The number of para-hydroxylation sites is 1. The number of aryl methyl sites for hydroxylation is 1. The summed E-state index contributed by atoms with van der Waals surface area (Å²) in [5.41, 5.74) is 1.31. The van der Waals surface area contributed by atoms with E-state index in [1.54, 1.807) is 7.11 Å². The van der Waals surface area contributed by atoms with Crippen molar-refractivity contribution in [1.82, 2.24) is 9.88 Å². The van der Waals surface area contributed by atoms with Crippen molar-refractivity contribution in [2.45, 2.75) is 19.4 Å². The lowest BCUT2D eigenvalue weighted by molar-refractivity contribution is 0.199. The number of hydrogen-bond donors (Lipinski definition) is 1. The third-order valence-corrected chi connectivity index (χ3v) is 3.86. The number of halogens is 1. The molecule has 0 aliphatic heterocycles. The molecule has 0 radical (unpaired) electrons. The summed E-state index contributed by atoms with van der Waals surface area (Å²) in [6.07, 6.45) is 4.56. The lowest BCUT2D eigenvalue weighted by atomic mass is 10.2. The molecule has 0 spiro atoms. The first-order chi connectivity index (χ1) is 9.33. The van der Waals surface area contributed by atoms with Gasteiger partial charge in [-0.1, -0.05) is 18.2 Å². The zero-order valence-corrected chi connectivity index (χ0v) is 12.9. The van der Waals surface area contributed by atoms with Gasteiger partial charge >= 0.3 is 0 Å². The van der Waals surface area contributed by atoms with Gasteiger partial charge in [-0.05, 0) is 41.4 Å². The van der Waals surface area contributed by atoms with E-state index in [1.807, 2.05) is 0 Å². The van der Waals surface area contributed by atoms with Crippen molar-refractivity contribution < 1.29 is 4.74 Å². The van der Waals surface area contributed by atoms with E-state index in [0.717, 1.165) is 26.2 Å². The Kier molecular flexibility index (Phi) is 5.89. The summed E-state index contributed by atoms with van der Waals surface area (Å²) in [5.74, 6) is 0. The number of benzene rings is 1. The fraction of sp³-hybridized carbons (Fsp3) is 0.467. The molecular formula is C15H21BrN2O. The lowest BCUT2D eigenvalue weighted by Crippen LogP contribution is -2.20. The number of fused-ring (bicyclic) bond motifs is 1. The minimum absolute atomic E-state index is 0.787. The van der Waals surface area contributed by atoms with Crippen LogP contribution >= 0.6 is 15.9 Å². The second-order valence-corrected chi connectivity index (χ2v) is 5.49. The molecule has 0 bridgehead atoms. The van der Waals surface area contributed by atoms with Crippen molar-refractivity contribution >= 4 is 26.8 Å². The molecule has 0 fully saturated rings. The first-order valence-electron chi connectivity index (χ1n) is 6.76. The maximum atomic E-state index is 5.00. The Morgan fingerprint density at radius 1 is 1.21 bits per heavy atom. The van der Waals surface area contributed by atoms with Crippen LogP contribution in [0.1, 0.15) is 12.8 Å².